The molecular weight excluding hydrogens is 220 g/mol. The lowest BCUT2D eigenvalue weighted by atomic mass is 10.1. The Kier molecular flexibility index (Phi) is 3.06. The minimum Gasteiger partial charge on any atom is -0.229 e. The highest BCUT2D eigenvalue weighted by Crippen LogP contribution is 2.41. The summed E-state index contributed by atoms with van der Waals surface area (Å²) in [5, 5.41) is 0. The van der Waals surface area contributed by atoms with Crippen molar-refractivity contribution >= 4 is 9.84 Å². The van der Waals surface area contributed by atoms with Crippen LogP contribution in [0.4, 0.5) is 0 Å². The van der Waals surface area contributed by atoms with E-state index in [2.05, 4.69) is 31.2 Å². The van der Waals surface area contributed by atoms with Crippen LogP contribution in [0.2, 0.25) is 0 Å². The maximum absolute atomic E-state index is 11.1. The van der Waals surface area contributed by atoms with Gasteiger partial charge in [-0.3, -0.25) is 0 Å². The lowest BCUT2D eigenvalue weighted by Crippen LogP contribution is -2.06. The molecule has 1 aromatic rings. The van der Waals surface area contributed by atoms with Crippen molar-refractivity contribution < 1.29 is 8.42 Å². The van der Waals surface area contributed by atoms with Crippen LogP contribution in [0.3, 0.4) is 0 Å². The summed E-state index contributed by atoms with van der Waals surface area (Å²) >= 11 is 0. The molecule has 3 heteroatoms. The Labute approximate surface area is 97.6 Å². The van der Waals surface area contributed by atoms with Crippen molar-refractivity contribution in [2.24, 2.45) is 11.8 Å². The van der Waals surface area contributed by atoms with Crippen molar-refractivity contribution in [3.05, 3.63) is 35.4 Å². The quantitative estimate of drug-likeness (QED) is 0.806. The zero-order valence-electron chi connectivity index (χ0n) is 9.81. The van der Waals surface area contributed by atoms with Gasteiger partial charge in [0.25, 0.3) is 0 Å². The molecule has 2 unspecified atom stereocenters. The van der Waals surface area contributed by atoms with E-state index >= 15 is 0 Å². The van der Waals surface area contributed by atoms with Gasteiger partial charge in [-0.15, -0.1) is 0 Å². The molecule has 0 radical (unpaired) electrons. The van der Waals surface area contributed by atoms with Crippen LogP contribution in [0.25, 0.3) is 0 Å². The number of sulfone groups is 1. The van der Waals surface area contributed by atoms with Crippen molar-refractivity contribution in [3.63, 3.8) is 0 Å². The predicted molar refractivity (Wildman–Crippen MR) is 66.2 cm³/mol. The average molecular weight is 238 g/mol. The lowest BCUT2D eigenvalue weighted by Gasteiger charge is -2.02. The number of aryl methyl sites for hydroxylation is 1. The van der Waals surface area contributed by atoms with Crippen LogP contribution in [0.5, 0.6) is 0 Å². The Balaban J connectivity index is 1.90. The van der Waals surface area contributed by atoms with E-state index in [9.17, 15) is 8.42 Å². The second-order valence-electron chi connectivity index (χ2n) is 5.04. The number of rotatable bonds is 4. The summed E-state index contributed by atoms with van der Waals surface area (Å²) in [4.78, 5) is 0. The van der Waals surface area contributed by atoms with Gasteiger partial charge >= 0.3 is 0 Å². The molecule has 0 aromatic heterocycles. The topological polar surface area (TPSA) is 34.1 Å². The summed E-state index contributed by atoms with van der Waals surface area (Å²) in [5.41, 5.74) is 2.61. The third kappa shape index (κ3) is 3.34. The zero-order valence-corrected chi connectivity index (χ0v) is 10.6. The summed E-state index contributed by atoms with van der Waals surface area (Å²) in [5.74, 6) is 1.34. The minimum absolute atomic E-state index is 0.365. The maximum atomic E-state index is 11.1. The molecular formula is C13H18O2S. The van der Waals surface area contributed by atoms with Gasteiger partial charge in [0.2, 0.25) is 0 Å². The summed E-state index contributed by atoms with van der Waals surface area (Å²) in [6.07, 6.45) is 3.43. The molecule has 1 aliphatic rings. The Hall–Kier alpha value is -0.830. The first kappa shape index (κ1) is 11.6. The van der Waals surface area contributed by atoms with Crippen molar-refractivity contribution in [1.82, 2.24) is 0 Å². The molecule has 1 fully saturated rings. The van der Waals surface area contributed by atoms with Crippen LogP contribution in [0, 0.1) is 18.8 Å². The molecule has 1 aromatic carbocycles. The molecule has 0 aliphatic heterocycles. The lowest BCUT2D eigenvalue weighted by molar-refractivity contribution is 0.594. The van der Waals surface area contributed by atoms with Crippen molar-refractivity contribution in [2.45, 2.75) is 19.8 Å². The van der Waals surface area contributed by atoms with E-state index in [1.807, 2.05) is 0 Å². The number of hydrogen-bond donors (Lipinski definition) is 0. The van der Waals surface area contributed by atoms with Crippen LogP contribution in [-0.2, 0) is 16.3 Å². The Morgan fingerprint density at radius 1 is 1.31 bits per heavy atom. The standard InChI is InChI=1S/C13H18O2S/c1-10-4-3-5-11(6-10)7-12-8-13(12)9-16(2,14)15/h3-6,12-13H,7-9H2,1-2H3. The van der Waals surface area contributed by atoms with Gasteiger partial charge in [-0.05, 0) is 37.2 Å². The first-order chi connectivity index (χ1) is 7.44. The molecule has 0 amide bonds. The van der Waals surface area contributed by atoms with Gasteiger partial charge in [0.15, 0.2) is 0 Å². The van der Waals surface area contributed by atoms with Crippen molar-refractivity contribution in [2.75, 3.05) is 12.0 Å². The van der Waals surface area contributed by atoms with Crippen molar-refractivity contribution in [1.29, 1.82) is 0 Å². The number of benzene rings is 1. The van der Waals surface area contributed by atoms with E-state index in [1.165, 1.54) is 17.4 Å². The molecule has 88 valence electrons. The van der Waals surface area contributed by atoms with Gasteiger partial charge in [0.1, 0.15) is 9.84 Å². The van der Waals surface area contributed by atoms with Crippen LogP contribution < -0.4 is 0 Å². The summed E-state index contributed by atoms with van der Waals surface area (Å²) < 4.78 is 22.3. The second kappa shape index (κ2) is 4.21. The molecule has 2 rings (SSSR count). The molecule has 0 spiro atoms. The Morgan fingerprint density at radius 3 is 2.69 bits per heavy atom. The molecule has 0 bridgehead atoms. The average Bonchev–Trinajstić information content (AvgIpc) is 2.80. The highest BCUT2D eigenvalue weighted by molar-refractivity contribution is 7.90. The highest BCUT2D eigenvalue weighted by atomic mass is 32.2. The summed E-state index contributed by atoms with van der Waals surface area (Å²) in [6, 6.07) is 8.47. The van der Waals surface area contributed by atoms with Gasteiger partial charge in [-0.1, -0.05) is 29.8 Å². The maximum Gasteiger partial charge on any atom is 0.147 e. The largest absolute Gasteiger partial charge is 0.229 e. The highest BCUT2D eigenvalue weighted by Gasteiger charge is 2.38. The predicted octanol–water partition coefficient (Wildman–Crippen LogP) is 2.22. The summed E-state index contributed by atoms with van der Waals surface area (Å²) in [7, 11) is -2.79. The van der Waals surface area contributed by atoms with E-state index < -0.39 is 9.84 Å². The first-order valence-corrected chi connectivity index (χ1v) is 7.73. The summed E-state index contributed by atoms with van der Waals surface area (Å²) in [6.45, 7) is 2.09. The van der Waals surface area contributed by atoms with E-state index in [-0.39, 0.29) is 0 Å². The fourth-order valence-electron chi connectivity index (χ4n) is 2.30. The van der Waals surface area contributed by atoms with Gasteiger partial charge in [0.05, 0.1) is 5.75 Å². The smallest absolute Gasteiger partial charge is 0.147 e. The zero-order chi connectivity index (χ0) is 11.8. The Morgan fingerprint density at radius 2 is 2.06 bits per heavy atom. The van der Waals surface area contributed by atoms with Crippen LogP contribution in [0.15, 0.2) is 24.3 Å². The molecule has 0 saturated heterocycles. The Bertz CT molecular complexity index is 476. The molecule has 0 N–H and O–H groups in total. The van der Waals surface area contributed by atoms with Gasteiger partial charge < -0.3 is 0 Å². The van der Waals surface area contributed by atoms with E-state index in [1.54, 1.807) is 0 Å². The fourth-order valence-corrected chi connectivity index (χ4v) is 3.48. The monoisotopic (exact) mass is 238 g/mol. The van der Waals surface area contributed by atoms with Gasteiger partial charge in [-0.2, -0.15) is 0 Å². The van der Waals surface area contributed by atoms with Gasteiger partial charge in [-0.25, -0.2) is 8.42 Å². The van der Waals surface area contributed by atoms with Crippen LogP contribution >= 0.6 is 0 Å². The molecule has 1 saturated carbocycles. The molecule has 0 heterocycles. The fraction of sp³-hybridized carbons (Fsp3) is 0.538. The van der Waals surface area contributed by atoms with Crippen LogP contribution in [-0.4, -0.2) is 20.4 Å². The van der Waals surface area contributed by atoms with E-state index in [0.717, 1.165) is 12.8 Å². The van der Waals surface area contributed by atoms with Crippen LogP contribution in [0.1, 0.15) is 17.5 Å². The molecule has 16 heavy (non-hydrogen) atoms. The van der Waals surface area contributed by atoms with E-state index in [0.29, 0.717) is 17.6 Å². The minimum atomic E-state index is -2.79. The van der Waals surface area contributed by atoms with E-state index in [4.69, 9.17) is 0 Å². The normalized spacial score (nSPS) is 24.4. The number of hydrogen-bond acceptors (Lipinski definition) is 2. The molecule has 2 nitrogen and oxygen atoms in total. The van der Waals surface area contributed by atoms with Crippen molar-refractivity contribution in [3.8, 4) is 0 Å². The first-order valence-electron chi connectivity index (χ1n) is 5.67. The SMILES string of the molecule is Cc1cccc(CC2CC2CS(C)(=O)=O)c1. The second-order valence-corrected chi connectivity index (χ2v) is 7.23. The third-order valence-corrected chi connectivity index (χ3v) is 4.20. The molecule has 2 atom stereocenters. The van der Waals surface area contributed by atoms with Gasteiger partial charge in [0, 0.05) is 6.26 Å². The third-order valence-electron chi connectivity index (χ3n) is 3.17. The molecule has 1 aliphatic carbocycles.